The van der Waals surface area contributed by atoms with E-state index in [0.29, 0.717) is 48.3 Å². The molecule has 1 aromatic heterocycles. The lowest BCUT2D eigenvalue weighted by atomic mass is 10.0. The lowest BCUT2D eigenvalue weighted by Gasteiger charge is -2.39. The molecule has 0 radical (unpaired) electrons. The highest BCUT2D eigenvalue weighted by Gasteiger charge is 2.36. The number of H-pyrrole nitrogens is 1. The highest BCUT2D eigenvalue weighted by molar-refractivity contribution is 6.31. The van der Waals surface area contributed by atoms with Crippen LogP contribution in [0.3, 0.4) is 0 Å². The Bertz CT molecular complexity index is 1170. The van der Waals surface area contributed by atoms with Gasteiger partial charge in [0.05, 0.1) is 0 Å². The third-order valence-corrected chi connectivity index (χ3v) is 6.21. The molecule has 5 rings (SSSR count). The second-order valence-electron chi connectivity index (χ2n) is 7.90. The fourth-order valence-corrected chi connectivity index (χ4v) is 4.54. The van der Waals surface area contributed by atoms with E-state index >= 15 is 0 Å². The number of piperazine rings is 1. The Labute approximate surface area is 189 Å². The van der Waals surface area contributed by atoms with Crippen molar-refractivity contribution in [3.63, 3.8) is 0 Å². The van der Waals surface area contributed by atoms with E-state index in [2.05, 4.69) is 4.98 Å². The summed E-state index contributed by atoms with van der Waals surface area (Å²) in [4.78, 5) is 31.9. The van der Waals surface area contributed by atoms with Crippen molar-refractivity contribution in [1.29, 1.82) is 0 Å². The molecule has 32 heavy (non-hydrogen) atoms. The molecule has 0 spiro atoms. The van der Waals surface area contributed by atoms with E-state index in [-0.39, 0.29) is 12.5 Å². The molecule has 9 heteroatoms. The number of carbonyl (C=O) groups excluding carboxylic acids is 1. The first-order valence-corrected chi connectivity index (χ1v) is 10.8. The number of hydrogen-bond donors (Lipinski definition) is 2. The second kappa shape index (κ2) is 8.37. The van der Waals surface area contributed by atoms with Crippen molar-refractivity contribution in [3.8, 4) is 11.5 Å². The smallest absolute Gasteiger partial charge is 0.325 e. The zero-order valence-electron chi connectivity index (χ0n) is 17.2. The number of fused-ring (bicyclic) bond motifs is 2. The van der Waals surface area contributed by atoms with Crippen LogP contribution in [0.4, 0.5) is 0 Å². The van der Waals surface area contributed by atoms with Crippen LogP contribution in [0.2, 0.25) is 5.02 Å². The van der Waals surface area contributed by atoms with Crippen LogP contribution in [-0.2, 0) is 9.59 Å². The number of rotatable bonds is 4. The number of amides is 1. The number of carbonyl (C=O) groups is 2. The minimum atomic E-state index is -0.939. The molecule has 2 N–H and O–H groups in total. The molecule has 0 unspecified atom stereocenters. The van der Waals surface area contributed by atoms with E-state index in [1.165, 1.54) is 0 Å². The summed E-state index contributed by atoms with van der Waals surface area (Å²) in [6.45, 7) is 1.84. The Balaban J connectivity index is 1.28. The van der Waals surface area contributed by atoms with Gasteiger partial charge in [0.15, 0.2) is 11.5 Å². The molecule has 2 aliphatic heterocycles. The molecule has 0 bridgehead atoms. The highest BCUT2D eigenvalue weighted by Crippen LogP contribution is 2.33. The van der Waals surface area contributed by atoms with Crippen LogP contribution in [0.15, 0.2) is 48.7 Å². The SMILES string of the molecule is O=C(O)[C@@H](c1c[nH]c2ccc(Cl)cc12)N1CCN(C(=O)[C@@H]2COc3ccccc3O2)CC1. The highest BCUT2D eigenvalue weighted by atomic mass is 35.5. The zero-order chi connectivity index (χ0) is 22.2. The first-order valence-electron chi connectivity index (χ1n) is 10.4. The number of halogens is 1. The number of benzene rings is 2. The van der Waals surface area contributed by atoms with Gasteiger partial charge >= 0.3 is 5.97 Å². The fraction of sp³-hybridized carbons (Fsp3) is 0.304. The summed E-state index contributed by atoms with van der Waals surface area (Å²) in [5.41, 5.74) is 1.49. The van der Waals surface area contributed by atoms with Crippen LogP contribution >= 0.6 is 11.6 Å². The maximum Gasteiger partial charge on any atom is 0.325 e. The van der Waals surface area contributed by atoms with Gasteiger partial charge in [0.2, 0.25) is 6.10 Å². The van der Waals surface area contributed by atoms with E-state index < -0.39 is 18.1 Å². The van der Waals surface area contributed by atoms with Crippen molar-refractivity contribution < 1.29 is 24.2 Å². The first-order chi connectivity index (χ1) is 15.5. The second-order valence-corrected chi connectivity index (χ2v) is 8.34. The minimum Gasteiger partial charge on any atom is -0.485 e. The topological polar surface area (TPSA) is 95.1 Å². The summed E-state index contributed by atoms with van der Waals surface area (Å²) < 4.78 is 11.5. The van der Waals surface area contributed by atoms with Crippen molar-refractivity contribution in [2.24, 2.45) is 0 Å². The Hall–Kier alpha value is -3.23. The van der Waals surface area contributed by atoms with Gasteiger partial charge in [0.25, 0.3) is 5.91 Å². The third kappa shape index (κ3) is 3.76. The fourth-order valence-electron chi connectivity index (χ4n) is 4.37. The largest absolute Gasteiger partial charge is 0.485 e. The van der Waals surface area contributed by atoms with Crippen molar-refractivity contribution in [2.75, 3.05) is 32.8 Å². The third-order valence-electron chi connectivity index (χ3n) is 5.98. The predicted molar refractivity (Wildman–Crippen MR) is 118 cm³/mol. The normalized spacial score (nSPS) is 19.7. The van der Waals surface area contributed by atoms with Gasteiger partial charge in [-0.1, -0.05) is 23.7 Å². The number of ether oxygens (including phenoxy) is 2. The summed E-state index contributed by atoms with van der Waals surface area (Å²) >= 11 is 6.14. The maximum atomic E-state index is 13.0. The number of aliphatic carboxylic acids is 1. The monoisotopic (exact) mass is 455 g/mol. The van der Waals surface area contributed by atoms with E-state index in [9.17, 15) is 14.7 Å². The van der Waals surface area contributed by atoms with Crippen LogP contribution in [-0.4, -0.2) is 70.7 Å². The minimum absolute atomic E-state index is 0.148. The number of para-hydroxylation sites is 2. The molecule has 2 atom stereocenters. The average Bonchev–Trinajstić information content (AvgIpc) is 3.21. The Morgan fingerprint density at radius 3 is 2.59 bits per heavy atom. The van der Waals surface area contributed by atoms with Crippen LogP contribution in [0.1, 0.15) is 11.6 Å². The molecule has 3 aromatic rings. The van der Waals surface area contributed by atoms with Crippen molar-refractivity contribution in [1.82, 2.24) is 14.8 Å². The first kappa shape index (κ1) is 20.7. The summed E-state index contributed by atoms with van der Waals surface area (Å²) in [6.07, 6.45) is 1.02. The standard InChI is InChI=1S/C23H22ClN3O5/c24-14-5-6-17-15(11-14)16(12-25-17)21(23(29)30)26-7-9-27(10-8-26)22(28)20-13-31-18-3-1-2-4-19(18)32-20/h1-6,11-12,20-21,25H,7-10,13H2,(H,29,30)/t20-,21+/m0/s1. The molecule has 1 fully saturated rings. The van der Waals surface area contributed by atoms with E-state index in [1.807, 2.05) is 23.1 Å². The maximum absolute atomic E-state index is 13.0. The lowest BCUT2D eigenvalue weighted by Crippen LogP contribution is -2.55. The molecule has 8 nitrogen and oxygen atoms in total. The van der Waals surface area contributed by atoms with Gasteiger partial charge in [-0.2, -0.15) is 0 Å². The predicted octanol–water partition coefficient (Wildman–Crippen LogP) is 2.93. The number of nitrogens with one attached hydrogen (secondary N) is 1. The summed E-state index contributed by atoms with van der Waals surface area (Å²) in [5.74, 6) is 0.0975. The van der Waals surface area contributed by atoms with Gasteiger partial charge in [0.1, 0.15) is 12.6 Å². The molecule has 1 amide bonds. The van der Waals surface area contributed by atoms with Gasteiger partial charge in [0, 0.05) is 53.9 Å². The molecular weight excluding hydrogens is 434 g/mol. The zero-order valence-corrected chi connectivity index (χ0v) is 17.9. The number of hydrogen-bond acceptors (Lipinski definition) is 5. The molecule has 1 saturated heterocycles. The molecule has 0 aliphatic carbocycles. The molecule has 2 aromatic carbocycles. The van der Waals surface area contributed by atoms with Gasteiger partial charge < -0.3 is 24.5 Å². The Kier molecular flexibility index (Phi) is 5.40. The van der Waals surface area contributed by atoms with Gasteiger partial charge in [-0.3, -0.25) is 14.5 Å². The lowest BCUT2D eigenvalue weighted by molar-refractivity contribution is -0.147. The van der Waals surface area contributed by atoms with E-state index in [4.69, 9.17) is 21.1 Å². The molecule has 166 valence electrons. The van der Waals surface area contributed by atoms with Gasteiger partial charge in [-0.05, 0) is 30.3 Å². The van der Waals surface area contributed by atoms with E-state index in [1.54, 1.807) is 35.4 Å². The van der Waals surface area contributed by atoms with Gasteiger partial charge in [-0.15, -0.1) is 0 Å². The van der Waals surface area contributed by atoms with E-state index in [0.717, 1.165) is 10.9 Å². The molecular formula is C23H22ClN3O5. The van der Waals surface area contributed by atoms with Crippen molar-refractivity contribution in [3.05, 3.63) is 59.2 Å². The number of carboxylic acids is 1. The average molecular weight is 456 g/mol. The van der Waals surface area contributed by atoms with Crippen LogP contribution < -0.4 is 9.47 Å². The molecule has 3 heterocycles. The summed E-state index contributed by atoms with van der Waals surface area (Å²) in [5, 5.41) is 11.3. The van der Waals surface area contributed by atoms with Crippen LogP contribution in [0.25, 0.3) is 10.9 Å². The molecule has 2 aliphatic rings. The quantitative estimate of drug-likeness (QED) is 0.628. The number of aromatic nitrogens is 1. The number of aromatic amines is 1. The van der Waals surface area contributed by atoms with Crippen molar-refractivity contribution in [2.45, 2.75) is 12.1 Å². The Morgan fingerprint density at radius 1 is 1.09 bits per heavy atom. The molecule has 0 saturated carbocycles. The summed E-state index contributed by atoms with van der Waals surface area (Å²) in [7, 11) is 0. The Morgan fingerprint density at radius 2 is 1.84 bits per heavy atom. The van der Waals surface area contributed by atoms with Crippen LogP contribution in [0.5, 0.6) is 11.5 Å². The summed E-state index contributed by atoms with van der Waals surface area (Å²) in [6, 6.07) is 11.8. The number of nitrogens with zero attached hydrogens (tertiary/aromatic N) is 2. The van der Waals surface area contributed by atoms with Crippen molar-refractivity contribution >= 4 is 34.4 Å². The van der Waals surface area contributed by atoms with Gasteiger partial charge in [-0.25, -0.2) is 0 Å². The van der Waals surface area contributed by atoms with Crippen LogP contribution in [0, 0.1) is 0 Å². The number of carboxylic acid groups (broad SMARTS) is 1.